The van der Waals surface area contributed by atoms with E-state index in [2.05, 4.69) is 5.92 Å². The molecule has 1 aliphatic carbocycles. The Morgan fingerprint density at radius 3 is 2.06 bits per heavy atom. The van der Waals surface area contributed by atoms with Crippen LogP contribution in [0.3, 0.4) is 0 Å². The monoisotopic (exact) mass is 248 g/mol. The van der Waals surface area contributed by atoms with E-state index in [1.54, 1.807) is 0 Å². The van der Waals surface area contributed by atoms with Gasteiger partial charge in [-0.3, -0.25) is 0 Å². The highest BCUT2D eigenvalue weighted by Crippen LogP contribution is 2.36. The molecular formula is C14H16O4. The van der Waals surface area contributed by atoms with Gasteiger partial charge in [0, 0.05) is 16.7 Å². The van der Waals surface area contributed by atoms with Crippen molar-refractivity contribution in [3.63, 3.8) is 0 Å². The van der Waals surface area contributed by atoms with Crippen molar-refractivity contribution < 1.29 is 18.9 Å². The maximum absolute atomic E-state index is 5.56. The van der Waals surface area contributed by atoms with Gasteiger partial charge in [-0.15, -0.1) is 6.42 Å². The molecule has 0 aromatic heterocycles. The highest BCUT2D eigenvalue weighted by Gasteiger charge is 2.33. The molecule has 4 heteroatoms. The molecule has 4 nitrogen and oxygen atoms in total. The van der Waals surface area contributed by atoms with E-state index >= 15 is 0 Å². The van der Waals surface area contributed by atoms with E-state index in [0.717, 1.165) is 29.6 Å². The van der Waals surface area contributed by atoms with Crippen LogP contribution in [0.15, 0.2) is 22.8 Å². The zero-order valence-electron chi connectivity index (χ0n) is 10.2. The van der Waals surface area contributed by atoms with Gasteiger partial charge in [-0.1, -0.05) is 5.92 Å². The second-order valence-electron chi connectivity index (χ2n) is 4.43. The summed E-state index contributed by atoms with van der Waals surface area (Å²) in [5, 5.41) is 0. The lowest BCUT2D eigenvalue weighted by Gasteiger charge is -2.34. The van der Waals surface area contributed by atoms with Crippen LogP contribution in [0.2, 0.25) is 0 Å². The quantitative estimate of drug-likeness (QED) is 0.692. The molecule has 0 radical (unpaired) electrons. The fourth-order valence-electron chi connectivity index (χ4n) is 2.27. The highest BCUT2D eigenvalue weighted by atomic mass is 16.7. The first kappa shape index (κ1) is 11.9. The summed E-state index contributed by atoms with van der Waals surface area (Å²) in [5.41, 5.74) is 2.68. The average molecular weight is 248 g/mol. The van der Waals surface area contributed by atoms with E-state index in [9.17, 15) is 0 Å². The molecule has 0 aromatic rings. The van der Waals surface area contributed by atoms with Gasteiger partial charge in [-0.25, -0.2) is 0 Å². The van der Waals surface area contributed by atoms with E-state index in [4.69, 9.17) is 25.4 Å². The van der Waals surface area contributed by atoms with Crippen molar-refractivity contribution in [1.29, 1.82) is 0 Å². The number of terminal acetylenes is 1. The van der Waals surface area contributed by atoms with Crippen molar-refractivity contribution in [2.45, 2.75) is 25.4 Å². The van der Waals surface area contributed by atoms with E-state index in [1.165, 1.54) is 0 Å². The van der Waals surface area contributed by atoms with Crippen LogP contribution in [0.25, 0.3) is 0 Å². The molecule has 96 valence electrons. The Hall–Kier alpha value is -1.12. The third-order valence-corrected chi connectivity index (χ3v) is 3.19. The molecule has 2 saturated heterocycles. The van der Waals surface area contributed by atoms with Crippen LogP contribution >= 0.6 is 0 Å². The summed E-state index contributed by atoms with van der Waals surface area (Å²) in [7, 11) is 0. The summed E-state index contributed by atoms with van der Waals surface area (Å²) in [6.45, 7) is 2.86. The van der Waals surface area contributed by atoms with Crippen molar-refractivity contribution in [3.8, 4) is 12.3 Å². The summed E-state index contributed by atoms with van der Waals surface area (Å²) in [5.74, 6) is 2.69. The van der Waals surface area contributed by atoms with Crippen molar-refractivity contribution in [2.75, 3.05) is 26.4 Å². The molecule has 0 aromatic carbocycles. The van der Waals surface area contributed by atoms with Gasteiger partial charge >= 0.3 is 0 Å². The molecule has 0 bridgehead atoms. The Labute approximate surface area is 107 Å². The molecule has 0 spiro atoms. The Kier molecular flexibility index (Phi) is 3.48. The van der Waals surface area contributed by atoms with Crippen molar-refractivity contribution in [3.05, 3.63) is 22.8 Å². The second-order valence-corrected chi connectivity index (χ2v) is 4.43. The summed E-state index contributed by atoms with van der Waals surface area (Å²) >= 11 is 0. The Morgan fingerprint density at radius 1 is 0.944 bits per heavy atom. The summed E-state index contributed by atoms with van der Waals surface area (Å²) in [6, 6.07) is 0. The molecule has 0 saturated carbocycles. The van der Waals surface area contributed by atoms with Gasteiger partial charge in [0.05, 0.1) is 26.4 Å². The van der Waals surface area contributed by atoms with Crippen LogP contribution in [0, 0.1) is 12.3 Å². The standard InChI is InChI=1S/C14H16O4/c1-2-10-11(13-15-5-3-6-16-13)9-12(10)14-17-7-4-8-18-14/h1,9,13-14H,3-8H2. The van der Waals surface area contributed by atoms with E-state index in [1.807, 2.05) is 6.08 Å². The normalized spacial score (nSPS) is 26.5. The van der Waals surface area contributed by atoms with Crippen LogP contribution in [-0.4, -0.2) is 39.0 Å². The third-order valence-electron chi connectivity index (χ3n) is 3.19. The molecule has 2 heterocycles. The van der Waals surface area contributed by atoms with Gasteiger partial charge in [0.1, 0.15) is 0 Å². The van der Waals surface area contributed by atoms with Gasteiger partial charge in [-0.2, -0.15) is 0 Å². The minimum Gasteiger partial charge on any atom is -0.348 e. The predicted octanol–water partition coefficient (Wildman–Crippen LogP) is 1.38. The van der Waals surface area contributed by atoms with E-state index in [-0.39, 0.29) is 12.6 Å². The highest BCUT2D eigenvalue weighted by molar-refractivity contribution is 5.63. The zero-order chi connectivity index (χ0) is 12.4. The van der Waals surface area contributed by atoms with Crippen LogP contribution in [0.1, 0.15) is 12.8 Å². The summed E-state index contributed by atoms with van der Waals surface area (Å²) in [4.78, 5) is 0. The Morgan fingerprint density at radius 2 is 1.50 bits per heavy atom. The van der Waals surface area contributed by atoms with Gasteiger partial charge in [0.25, 0.3) is 0 Å². The average Bonchev–Trinajstić information content (AvgIpc) is 2.41. The minimum absolute atomic E-state index is 0.322. The topological polar surface area (TPSA) is 36.9 Å². The van der Waals surface area contributed by atoms with Crippen LogP contribution in [0.5, 0.6) is 0 Å². The van der Waals surface area contributed by atoms with Gasteiger partial charge < -0.3 is 18.9 Å². The second kappa shape index (κ2) is 5.25. The first-order valence-electron chi connectivity index (χ1n) is 6.29. The maximum Gasteiger partial charge on any atom is 0.185 e. The van der Waals surface area contributed by atoms with Crippen molar-refractivity contribution >= 4 is 0 Å². The molecule has 18 heavy (non-hydrogen) atoms. The number of rotatable bonds is 2. The van der Waals surface area contributed by atoms with Crippen LogP contribution < -0.4 is 0 Å². The summed E-state index contributed by atoms with van der Waals surface area (Å²) < 4.78 is 22.2. The summed E-state index contributed by atoms with van der Waals surface area (Å²) in [6.07, 6.45) is 8.75. The van der Waals surface area contributed by atoms with Crippen molar-refractivity contribution in [2.24, 2.45) is 0 Å². The van der Waals surface area contributed by atoms with Crippen LogP contribution in [-0.2, 0) is 18.9 Å². The zero-order valence-corrected chi connectivity index (χ0v) is 10.2. The van der Waals surface area contributed by atoms with Crippen LogP contribution in [0.4, 0.5) is 0 Å². The predicted molar refractivity (Wildman–Crippen MR) is 64.6 cm³/mol. The SMILES string of the molecule is C#CC1=C(C2OCCCO2)C=C1C1OCCCO1. The molecule has 2 aliphatic heterocycles. The molecule has 0 atom stereocenters. The lowest BCUT2D eigenvalue weighted by molar-refractivity contribution is -0.162. The van der Waals surface area contributed by atoms with Gasteiger partial charge in [0.15, 0.2) is 12.6 Å². The molecule has 0 amide bonds. The fourth-order valence-corrected chi connectivity index (χ4v) is 2.27. The molecular weight excluding hydrogens is 232 g/mol. The van der Waals surface area contributed by atoms with Crippen molar-refractivity contribution in [1.82, 2.24) is 0 Å². The molecule has 0 N–H and O–H groups in total. The molecule has 3 rings (SSSR count). The number of hydrogen-bond acceptors (Lipinski definition) is 4. The van der Waals surface area contributed by atoms with E-state index in [0.29, 0.717) is 26.4 Å². The minimum atomic E-state index is -0.322. The lowest BCUT2D eigenvalue weighted by Crippen LogP contribution is -2.34. The molecule has 3 aliphatic rings. The fraction of sp³-hybridized carbons (Fsp3) is 0.571. The van der Waals surface area contributed by atoms with Gasteiger partial charge in [-0.05, 0) is 18.9 Å². The smallest absolute Gasteiger partial charge is 0.185 e. The van der Waals surface area contributed by atoms with Gasteiger partial charge in [0.2, 0.25) is 0 Å². The Balaban J connectivity index is 1.70. The largest absolute Gasteiger partial charge is 0.348 e. The molecule has 0 unspecified atom stereocenters. The molecule has 2 fully saturated rings. The third kappa shape index (κ3) is 2.11. The first-order valence-corrected chi connectivity index (χ1v) is 6.29. The Bertz CT molecular complexity index is 418. The first-order chi connectivity index (χ1) is 8.90. The van der Waals surface area contributed by atoms with E-state index < -0.39 is 0 Å². The number of hydrogen-bond donors (Lipinski definition) is 0. The number of ether oxygens (including phenoxy) is 4. The lowest BCUT2D eigenvalue weighted by atomic mass is 9.87. The maximum atomic E-state index is 5.56.